The lowest BCUT2D eigenvalue weighted by Gasteiger charge is -2.35. The molecule has 0 amide bonds. The van der Waals surface area contributed by atoms with E-state index in [1.54, 1.807) is 0 Å². The number of benzene rings is 2. The Morgan fingerprint density at radius 1 is 1.14 bits per heavy atom. The van der Waals surface area contributed by atoms with Crippen LogP contribution in [0.25, 0.3) is 10.8 Å². The molecule has 2 unspecified atom stereocenters. The molecule has 152 valence electrons. The fourth-order valence-electron chi connectivity index (χ4n) is 3.83. The average molecular weight is 411 g/mol. The Bertz CT molecular complexity index is 1000. The maximum absolute atomic E-state index is 6.41. The Hall–Kier alpha value is -2.14. The number of aromatic nitrogens is 1. The molecule has 29 heavy (non-hydrogen) atoms. The molecule has 2 aromatic carbocycles. The summed E-state index contributed by atoms with van der Waals surface area (Å²) in [5.74, 6) is 0.599. The summed E-state index contributed by atoms with van der Waals surface area (Å²) in [6, 6.07) is 16.2. The summed E-state index contributed by atoms with van der Waals surface area (Å²) in [4.78, 5) is 6.89. The normalized spacial score (nSPS) is 20.3. The van der Waals surface area contributed by atoms with Crippen molar-refractivity contribution in [2.75, 3.05) is 13.2 Å². The Morgan fingerprint density at radius 2 is 1.90 bits per heavy atom. The number of hydrogen-bond donors (Lipinski definition) is 0. The first-order chi connectivity index (χ1) is 13.8. The molecule has 4 nitrogen and oxygen atoms in total. The van der Waals surface area contributed by atoms with Gasteiger partial charge in [0.1, 0.15) is 18.9 Å². The zero-order chi connectivity index (χ0) is 20.6. The summed E-state index contributed by atoms with van der Waals surface area (Å²) >= 11 is 6.21. The minimum Gasteiger partial charge on any atom is -0.474 e. The van der Waals surface area contributed by atoms with Gasteiger partial charge in [0.05, 0.1) is 0 Å². The largest absolute Gasteiger partial charge is 0.474 e. The van der Waals surface area contributed by atoms with E-state index in [1.807, 2.05) is 37.4 Å². The van der Waals surface area contributed by atoms with Gasteiger partial charge < -0.3 is 9.47 Å². The molecule has 0 aliphatic carbocycles. The van der Waals surface area contributed by atoms with Crippen molar-refractivity contribution in [1.82, 2.24) is 9.88 Å². The van der Waals surface area contributed by atoms with Gasteiger partial charge in [0.2, 0.25) is 5.88 Å². The van der Waals surface area contributed by atoms with Gasteiger partial charge >= 0.3 is 0 Å². The van der Waals surface area contributed by atoms with Gasteiger partial charge in [0, 0.05) is 28.7 Å². The lowest BCUT2D eigenvalue weighted by atomic mass is 10.0. The maximum atomic E-state index is 6.41. The van der Waals surface area contributed by atoms with E-state index in [1.165, 1.54) is 0 Å². The van der Waals surface area contributed by atoms with Crippen molar-refractivity contribution in [3.05, 3.63) is 70.9 Å². The summed E-state index contributed by atoms with van der Waals surface area (Å²) in [7, 11) is 0. The average Bonchev–Trinajstić information content (AvgIpc) is 3.13. The van der Waals surface area contributed by atoms with Gasteiger partial charge in [-0.15, -0.1) is 0 Å². The van der Waals surface area contributed by atoms with Crippen LogP contribution in [0.5, 0.6) is 5.88 Å². The minimum absolute atomic E-state index is 0.0163. The van der Waals surface area contributed by atoms with Crippen molar-refractivity contribution in [3.63, 3.8) is 0 Å². The minimum atomic E-state index is -0.0815. The Kier molecular flexibility index (Phi) is 5.52. The Balaban J connectivity index is 1.54. The van der Waals surface area contributed by atoms with Crippen LogP contribution in [0, 0.1) is 6.92 Å². The number of pyridine rings is 1. The van der Waals surface area contributed by atoms with E-state index >= 15 is 0 Å². The lowest BCUT2D eigenvalue weighted by molar-refractivity contribution is -0.0400. The molecule has 0 spiro atoms. The molecule has 2 heterocycles. The molecule has 1 aliphatic heterocycles. The third-order valence-corrected chi connectivity index (χ3v) is 5.60. The van der Waals surface area contributed by atoms with E-state index in [9.17, 15) is 0 Å². The highest BCUT2D eigenvalue weighted by molar-refractivity contribution is 6.31. The Labute approximate surface area is 177 Å². The molecule has 4 rings (SSSR count). The van der Waals surface area contributed by atoms with E-state index in [-0.39, 0.29) is 17.9 Å². The molecule has 0 bridgehead atoms. The summed E-state index contributed by atoms with van der Waals surface area (Å²) in [5.41, 5.74) is 2.25. The van der Waals surface area contributed by atoms with Crippen LogP contribution in [-0.4, -0.2) is 34.7 Å². The molecule has 0 radical (unpaired) electrons. The van der Waals surface area contributed by atoms with Gasteiger partial charge in [-0.1, -0.05) is 48.0 Å². The van der Waals surface area contributed by atoms with Crippen molar-refractivity contribution in [3.8, 4) is 5.88 Å². The maximum Gasteiger partial charge on any atom is 0.221 e. The molecular formula is C24H27ClN2O2. The van der Waals surface area contributed by atoms with Gasteiger partial charge in [-0.3, -0.25) is 4.90 Å². The van der Waals surface area contributed by atoms with Crippen molar-refractivity contribution in [2.24, 2.45) is 0 Å². The van der Waals surface area contributed by atoms with Crippen LogP contribution in [0.3, 0.4) is 0 Å². The van der Waals surface area contributed by atoms with Crippen molar-refractivity contribution in [2.45, 2.75) is 45.6 Å². The van der Waals surface area contributed by atoms with E-state index in [0.29, 0.717) is 17.5 Å². The number of halogens is 1. The van der Waals surface area contributed by atoms with Crippen molar-refractivity contribution < 1.29 is 9.47 Å². The van der Waals surface area contributed by atoms with Gasteiger partial charge in [-0.05, 0) is 56.3 Å². The highest BCUT2D eigenvalue weighted by Crippen LogP contribution is 2.36. The van der Waals surface area contributed by atoms with Crippen molar-refractivity contribution >= 4 is 22.4 Å². The molecule has 5 heteroatoms. The summed E-state index contributed by atoms with van der Waals surface area (Å²) in [6.07, 6.45) is 1.72. The number of rotatable bonds is 4. The van der Waals surface area contributed by atoms with Crippen LogP contribution in [-0.2, 0) is 4.74 Å². The van der Waals surface area contributed by atoms with E-state index in [2.05, 4.69) is 54.9 Å². The van der Waals surface area contributed by atoms with Crippen LogP contribution in [0.15, 0.2) is 54.7 Å². The smallest absolute Gasteiger partial charge is 0.221 e. The molecule has 0 N–H and O–H groups in total. The zero-order valence-corrected chi connectivity index (χ0v) is 18.1. The third kappa shape index (κ3) is 4.25. The fourth-order valence-corrected chi connectivity index (χ4v) is 4.00. The van der Waals surface area contributed by atoms with Crippen LogP contribution in [0.2, 0.25) is 5.02 Å². The highest BCUT2D eigenvalue weighted by Gasteiger charge is 2.40. The highest BCUT2D eigenvalue weighted by atomic mass is 35.5. The van der Waals surface area contributed by atoms with E-state index < -0.39 is 0 Å². The standard InChI is InChI=1S/C24H27ClN2O2/c1-16-13-26-22(21-12-18(25)10-11-20(16)21)28-15-19-14-27(24(2,3)4)23(29-19)17-8-6-5-7-9-17/h5-13,19,23H,14-15H2,1-4H3. The van der Waals surface area contributed by atoms with Crippen molar-refractivity contribution in [1.29, 1.82) is 0 Å². The molecular weight excluding hydrogens is 384 g/mol. The van der Waals surface area contributed by atoms with Gasteiger partial charge in [-0.25, -0.2) is 4.98 Å². The third-order valence-electron chi connectivity index (χ3n) is 5.37. The first kappa shape index (κ1) is 20.1. The molecule has 1 saturated heterocycles. The molecule has 2 atom stereocenters. The number of aryl methyl sites for hydroxylation is 1. The number of ether oxygens (including phenoxy) is 2. The quantitative estimate of drug-likeness (QED) is 0.546. The number of fused-ring (bicyclic) bond motifs is 1. The number of hydrogen-bond acceptors (Lipinski definition) is 4. The first-order valence-electron chi connectivity index (χ1n) is 9.98. The molecule has 1 aliphatic rings. The summed E-state index contributed by atoms with van der Waals surface area (Å²) < 4.78 is 12.6. The van der Waals surface area contributed by atoms with Gasteiger partial charge in [-0.2, -0.15) is 0 Å². The molecule has 1 fully saturated rings. The molecule has 0 saturated carbocycles. The van der Waals surface area contributed by atoms with Crippen LogP contribution >= 0.6 is 11.6 Å². The molecule has 3 aromatic rings. The fraction of sp³-hybridized carbons (Fsp3) is 0.375. The zero-order valence-electron chi connectivity index (χ0n) is 17.4. The predicted molar refractivity (Wildman–Crippen MR) is 118 cm³/mol. The lowest BCUT2D eigenvalue weighted by Crippen LogP contribution is -2.42. The van der Waals surface area contributed by atoms with E-state index in [4.69, 9.17) is 21.1 Å². The Morgan fingerprint density at radius 3 is 2.62 bits per heavy atom. The van der Waals surface area contributed by atoms with E-state index in [0.717, 1.165) is 28.4 Å². The second-order valence-electron chi connectivity index (χ2n) is 8.59. The first-order valence-corrected chi connectivity index (χ1v) is 10.4. The molecule has 1 aromatic heterocycles. The predicted octanol–water partition coefficient (Wildman–Crippen LogP) is 5.77. The summed E-state index contributed by atoms with van der Waals surface area (Å²) in [6.45, 7) is 9.92. The van der Waals surface area contributed by atoms with Crippen LogP contribution in [0.1, 0.15) is 38.1 Å². The van der Waals surface area contributed by atoms with Gasteiger partial charge in [0.25, 0.3) is 0 Å². The SMILES string of the molecule is Cc1cnc(OCC2CN(C(C)(C)C)C(c3ccccc3)O2)c2cc(Cl)ccc12. The monoisotopic (exact) mass is 410 g/mol. The van der Waals surface area contributed by atoms with Gasteiger partial charge in [0.15, 0.2) is 0 Å². The summed E-state index contributed by atoms with van der Waals surface area (Å²) in [5, 5.41) is 2.71. The number of nitrogens with zero attached hydrogens (tertiary/aromatic N) is 2. The topological polar surface area (TPSA) is 34.6 Å². The van der Waals surface area contributed by atoms with Crippen LogP contribution in [0.4, 0.5) is 0 Å². The second kappa shape index (κ2) is 7.94. The van der Waals surface area contributed by atoms with Crippen LogP contribution < -0.4 is 4.74 Å². The second-order valence-corrected chi connectivity index (χ2v) is 9.03.